The van der Waals surface area contributed by atoms with Gasteiger partial charge in [0.2, 0.25) is 11.8 Å². The van der Waals surface area contributed by atoms with Crippen LogP contribution < -0.4 is 10.6 Å². The molecule has 17 heavy (non-hydrogen) atoms. The molecule has 0 atom stereocenters. The van der Waals surface area contributed by atoms with Gasteiger partial charge in [-0.15, -0.1) is 0 Å². The van der Waals surface area contributed by atoms with Crippen molar-refractivity contribution in [2.45, 2.75) is 6.42 Å². The second-order valence-corrected chi connectivity index (χ2v) is 3.69. The van der Waals surface area contributed by atoms with Crippen LogP contribution in [0.3, 0.4) is 0 Å². The van der Waals surface area contributed by atoms with Gasteiger partial charge in [0.1, 0.15) is 0 Å². The van der Waals surface area contributed by atoms with E-state index >= 15 is 0 Å². The number of carbonyl (C=O) groups excluding carboxylic acids is 2. The first-order chi connectivity index (χ1) is 8.20. The maximum Gasteiger partial charge on any atom is 0.230 e. The van der Waals surface area contributed by atoms with Crippen LogP contribution >= 0.6 is 15.9 Å². The third-order valence-electron chi connectivity index (χ3n) is 1.81. The average molecular weight is 311 g/mol. The van der Waals surface area contributed by atoms with E-state index in [1.54, 1.807) is 7.05 Å². The zero-order valence-electron chi connectivity index (χ0n) is 9.96. The van der Waals surface area contributed by atoms with E-state index in [0.29, 0.717) is 44.7 Å². The second kappa shape index (κ2) is 11.8. The largest absolute Gasteiger partial charge is 0.379 e. The molecule has 0 heterocycles. The summed E-state index contributed by atoms with van der Waals surface area (Å²) in [4.78, 5) is 21.6. The van der Waals surface area contributed by atoms with Crippen LogP contribution in [0, 0.1) is 0 Å². The summed E-state index contributed by atoms with van der Waals surface area (Å²) < 4.78 is 10.4. The Bertz CT molecular complexity index is 204. The zero-order chi connectivity index (χ0) is 12.9. The van der Waals surface area contributed by atoms with E-state index in [9.17, 15) is 9.59 Å². The first-order valence-electron chi connectivity index (χ1n) is 5.39. The molecule has 0 rings (SSSR count). The van der Waals surface area contributed by atoms with Crippen molar-refractivity contribution < 1.29 is 19.1 Å². The van der Waals surface area contributed by atoms with E-state index in [0.717, 1.165) is 0 Å². The Morgan fingerprint density at radius 3 is 2.29 bits per heavy atom. The van der Waals surface area contributed by atoms with Crippen LogP contribution in [0.2, 0.25) is 0 Å². The van der Waals surface area contributed by atoms with Gasteiger partial charge in [-0.1, -0.05) is 15.9 Å². The Morgan fingerprint density at radius 1 is 1.06 bits per heavy atom. The van der Waals surface area contributed by atoms with Gasteiger partial charge in [-0.2, -0.15) is 0 Å². The average Bonchev–Trinajstić information content (AvgIpc) is 2.35. The Balaban J connectivity index is 3.08. The van der Waals surface area contributed by atoms with Crippen LogP contribution in [0.25, 0.3) is 0 Å². The summed E-state index contributed by atoms with van der Waals surface area (Å²) in [5.74, 6) is -0.0983. The van der Waals surface area contributed by atoms with Gasteiger partial charge >= 0.3 is 0 Å². The molecule has 0 aromatic carbocycles. The number of ether oxygens (including phenoxy) is 2. The van der Waals surface area contributed by atoms with Crippen molar-refractivity contribution in [3.63, 3.8) is 0 Å². The van der Waals surface area contributed by atoms with Gasteiger partial charge in [-0.3, -0.25) is 9.59 Å². The normalized spacial score (nSPS) is 10.0. The van der Waals surface area contributed by atoms with Gasteiger partial charge in [0.05, 0.1) is 31.8 Å². The molecular weight excluding hydrogens is 292 g/mol. The number of carbonyl (C=O) groups is 2. The smallest absolute Gasteiger partial charge is 0.230 e. The third-order valence-corrected chi connectivity index (χ3v) is 2.32. The number of hydrogen-bond donors (Lipinski definition) is 2. The fourth-order valence-electron chi connectivity index (χ4n) is 0.922. The molecule has 7 heteroatoms. The molecule has 2 N–H and O–H groups in total. The van der Waals surface area contributed by atoms with Crippen molar-refractivity contribution >= 4 is 27.7 Å². The number of nitrogens with one attached hydrogen (secondary N) is 2. The van der Waals surface area contributed by atoms with Crippen molar-refractivity contribution in [3.8, 4) is 0 Å². The number of alkyl halides is 1. The minimum absolute atomic E-state index is 0.0385. The van der Waals surface area contributed by atoms with Crippen LogP contribution in [-0.4, -0.2) is 57.2 Å². The van der Waals surface area contributed by atoms with Crippen LogP contribution in [0.4, 0.5) is 0 Å². The van der Waals surface area contributed by atoms with E-state index in [1.807, 2.05) is 0 Å². The molecular formula is C10H19BrN2O4. The maximum absolute atomic E-state index is 10.8. The van der Waals surface area contributed by atoms with Crippen LogP contribution in [0.1, 0.15) is 6.42 Å². The van der Waals surface area contributed by atoms with Crippen molar-refractivity contribution in [2.24, 2.45) is 0 Å². The number of amides is 2. The number of hydrogen-bond acceptors (Lipinski definition) is 4. The van der Waals surface area contributed by atoms with E-state index in [1.165, 1.54) is 0 Å². The lowest BCUT2D eigenvalue weighted by Gasteiger charge is -2.06. The first-order valence-corrected chi connectivity index (χ1v) is 6.51. The fourth-order valence-corrected chi connectivity index (χ4v) is 1.12. The summed E-state index contributed by atoms with van der Waals surface area (Å²) in [5, 5.41) is 5.46. The lowest BCUT2D eigenvalue weighted by atomic mass is 10.4. The molecule has 0 aliphatic heterocycles. The molecule has 6 nitrogen and oxygen atoms in total. The lowest BCUT2D eigenvalue weighted by molar-refractivity contribution is -0.121. The van der Waals surface area contributed by atoms with E-state index in [2.05, 4.69) is 26.6 Å². The quantitative estimate of drug-likeness (QED) is 0.428. The predicted octanol–water partition coefficient (Wildman–Crippen LogP) is -0.333. The molecule has 2 amide bonds. The minimum atomic E-state index is -0.0598. The molecule has 0 unspecified atom stereocenters. The molecule has 0 spiro atoms. The van der Waals surface area contributed by atoms with E-state index in [-0.39, 0.29) is 11.8 Å². The van der Waals surface area contributed by atoms with Crippen LogP contribution in [-0.2, 0) is 19.1 Å². The standard InChI is InChI=1S/C10H19BrN2O4/c1-12-9(14)2-4-16-6-7-17-5-3-13-10(15)8-11/h2-8H2,1H3,(H,12,14)(H,13,15). The highest BCUT2D eigenvalue weighted by molar-refractivity contribution is 9.09. The molecule has 0 saturated heterocycles. The van der Waals surface area contributed by atoms with Crippen LogP contribution in [0.5, 0.6) is 0 Å². The molecule has 0 fully saturated rings. The molecule has 100 valence electrons. The number of rotatable bonds is 10. The summed E-state index contributed by atoms with van der Waals surface area (Å²) in [6.07, 6.45) is 0.359. The van der Waals surface area contributed by atoms with Crippen molar-refractivity contribution in [3.05, 3.63) is 0 Å². The Labute approximate surface area is 110 Å². The minimum Gasteiger partial charge on any atom is -0.379 e. The van der Waals surface area contributed by atoms with Crippen molar-refractivity contribution in [1.29, 1.82) is 0 Å². The van der Waals surface area contributed by atoms with Crippen molar-refractivity contribution in [2.75, 3.05) is 45.4 Å². The van der Waals surface area contributed by atoms with Gasteiger partial charge in [0.25, 0.3) is 0 Å². The molecule has 0 aliphatic carbocycles. The van der Waals surface area contributed by atoms with E-state index in [4.69, 9.17) is 9.47 Å². The first kappa shape index (κ1) is 16.3. The monoisotopic (exact) mass is 310 g/mol. The topological polar surface area (TPSA) is 76.7 Å². The van der Waals surface area contributed by atoms with Gasteiger partial charge in [0.15, 0.2) is 0 Å². The highest BCUT2D eigenvalue weighted by atomic mass is 79.9. The lowest BCUT2D eigenvalue weighted by Crippen LogP contribution is -2.28. The predicted molar refractivity (Wildman–Crippen MR) is 67.1 cm³/mol. The zero-order valence-corrected chi connectivity index (χ0v) is 11.5. The molecule has 0 aromatic rings. The molecule has 0 radical (unpaired) electrons. The molecule has 0 aromatic heterocycles. The second-order valence-electron chi connectivity index (χ2n) is 3.13. The Morgan fingerprint density at radius 2 is 1.71 bits per heavy atom. The van der Waals surface area contributed by atoms with E-state index < -0.39 is 0 Å². The summed E-state index contributed by atoms with van der Waals surface area (Å²) in [7, 11) is 1.59. The maximum atomic E-state index is 10.8. The summed E-state index contributed by atoms with van der Waals surface area (Å²) in [5.41, 5.74) is 0. The highest BCUT2D eigenvalue weighted by Gasteiger charge is 1.98. The molecule has 0 saturated carbocycles. The fraction of sp³-hybridized carbons (Fsp3) is 0.800. The Hall–Kier alpha value is -0.660. The van der Waals surface area contributed by atoms with Crippen molar-refractivity contribution in [1.82, 2.24) is 10.6 Å². The molecule has 0 aliphatic rings. The number of halogens is 1. The van der Waals surface area contributed by atoms with Crippen LogP contribution in [0.15, 0.2) is 0 Å². The van der Waals surface area contributed by atoms with Gasteiger partial charge < -0.3 is 20.1 Å². The summed E-state index contributed by atoms with van der Waals surface area (Å²) in [6.45, 7) is 2.24. The van der Waals surface area contributed by atoms with Gasteiger partial charge in [-0.05, 0) is 0 Å². The SMILES string of the molecule is CNC(=O)CCOCCOCCNC(=O)CBr. The Kier molecular flexibility index (Phi) is 11.4. The summed E-state index contributed by atoms with van der Waals surface area (Å²) in [6, 6.07) is 0. The van der Waals surface area contributed by atoms with Gasteiger partial charge in [0, 0.05) is 20.0 Å². The van der Waals surface area contributed by atoms with Gasteiger partial charge in [-0.25, -0.2) is 0 Å². The third kappa shape index (κ3) is 11.6. The highest BCUT2D eigenvalue weighted by Crippen LogP contribution is 1.84. The summed E-state index contributed by atoms with van der Waals surface area (Å²) >= 11 is 3.04. The molecule has 0 bridgehead atoms.